The highest BCUT2D eigenvalue weighted by Crippen LogP contribution is 2.27. The van der Waals surface area contributed by atoms with Gasteiger partial charge in [-0.1, -0.05) is 44.2 Å². The second-order valence-electron chi connectivity index (χ2n) is 7.11. The first-order chi connectivity index (χ1) is 12.1. The van der Waals surface area contributed by atoms with Gasteiger partial charge in [-0.3, -0.25) is 9.79 Å². The molecule has 4 N–H and O–H groups in total. The van der Waals surface area contributed by atoms with Crippen molar-refractivity contribution in [2.45, 2.75) is 64.5 Å². The Morgan fingerprint density at radius 2 is 1.92 bits per heavy atom. The van der Waals surface area contributed by atoms with Gasteiger partial charge in [0.15, 0.2) is 5.96 Å². The van der Waals surface area contributed by atoms with Crippen LogP contribution >= 0.6 is 0 Å². The number of carbonyl (C=O) groups is 1. The quantitative estimate of drug-likeness (QED) is 0.525. The van der Waals surface area contributed by atoms with Crippen molar-refractivity contribution in [1.29, 1.82) is 0 Å². The lowest BCUT2D eigenvalue weighted by atomic mass is 9.85. The molecule has 0 radical (unpaired) electrons. The molecule has 1 aliphatic rings. The zero-order valence-electron chi connectivity index (χ0n) is 15.6. The van der Waals surface area contributed by atoms with Crippen molar-refractivity contribution < 1.29 is 4.79 Å². The van der Waals surface area contributed by atoms with E-state index in [1.165, 1.54) is 44.9 Å². The van der Waals surface area contributed by atoms with Crippen LogP contribution in [0.25, 0.3) is 0 Å². The van der Waals surface area contributed by atoms with E-state index >= 15 is 0 Å². The molecule has 2 rings (SSSR count). The van der Waals surface area contributed by atoms with E-state index in [1.807, 2.05) is 12.1 Å². The number of guanidine groups is 1. The molecule has 1 aromatic rings. The first-order valence-electron chi connectivity index (χ1n) is 9.44. The molecule has 1 amide bonds. The van der Waals surface area contributed by atoms with Crippen LogP contribution in [-0.2, 0) is 6.54 Å². The van der Waals surface area contributed by atoms with Gasteiger partial charge in [0.25, 0.3) is 0 Å². The normalized spacial score (nSPS) is 17.1. The number of amides is 1. The number of carbonyl (C=O) groups excluding carboxylic acids is 1. The van der Waals surface area contributed by atoms with Crippen molar-refractivity contribution in [2.75, 3.05) is 7.05 Å². The van der Waals surface area contributed by atoms with E-state index in [-0.39, 0.29) is 0 Å². The average molecular weight is 345 g/mol. The fraction of sp³-hybridized carbons (Fsp3) is 0.600. The highest BCUT2D eigenvalue weighted by Gasteiger charge is 2.15. The third-order valence-corrected chi connectivity index (χ3v) is 5.04. The van der Waals surface area contributed by atoms with Crippen LogP contribution < -0.4 is 16.4 Å². The van der Waals surface area contributed by atoms with Crippen molar-refractivity contribution in [3.8, 4) is 0 Å². The third kappa shape index (κ3) is 6.77. The lowest BCUT2D eigenvalue weighted by Gasteiger charge is -2.24. The summed E-state index contributed by atoms with van der Waals surface area (Å²) in [5, 5.41) is 6.80. The summed E-state index contributed by atoms with van der Waals surface area (Å²) in [6.45, 7) is 2.88. The fourth-order valence-corrected chi connectivity index (χ4v) is 3.43. The minimum atomic E-state index is -0.399. The zero-order chi connectivity index (χ0) is 18.1. The monoisotopic (exact) mass is 344 g/mol. The van der Waals surface area contributed by atoms with E-state index in [9.17, 15) is 4.79 Å². The lowest BCUT2D eigenvalue weighted by molar-refractivity contribution is 0.100. The SMILES string of the molecule is CN=C(NCc1ccc(C(N)=O)cc1)NC(C)CCC1CCCCC1. The lowest BCUT2D eigenvalue weighted by Crippen LogP contribution is -2.42. The maximum Gasteiger partial charge on any atom is 0.248 e. The fourth-order valence-electron chi connectivity index (χ4n) is 3.43. The molecule has 5 nitrogen and oxygen atoms in total. The molecule has 1 aromatic carbocycles. The molecule has 5 heteroatoms. The minimum absolute atomic E-state index is 0.399. The highest BCUT2D eigenvalue weighted by molar-refractivity contribution is 5.92. The number of nitrogens with two attached hydrogens (primary N) is 1. The Bertz CT molecular complexity index is 562. The topological polar surface area (TPSA) is 79.5 Å². The average Bonchev–Trinajstić information content (AvgIpc) is 2.64. The van der Waals surface area contributed by atoms with Gasteiger partial charge >= 0.3 is 0 Å². The van der Waals surface area contributed by atoms with Gasteiger partial charge in [0.2, 0.25) is 5.91 Å². The second-order valence-corrected chi connectivity index (χ2v) is 7.11. The van der Waals surface area contributed by atoms with Gasteiger partial charge in [-0.25, -0.2) is 0 Å². The summed E-state index contributed by atoms with van der Waals surface area (Å²) in [5.41, 5.74) is 6.88. The van der Waals surface area contributed by atoms with Crippen LogP contribution in [0.2, 0.25) is 0 Å². The van der Waals surface area contributed by atoms with Crippen LogP contribution in [0.1, 0.15) is 67.8 Å². The van der Waals surface area contributed by atoms with E-state index < -0.39 is 5.91 Å². The Labute approximate surface area is 151 Å². The Kier molecular flexibility index (Phi) is 7.76. The van der Waals surface area contributed by atoms with Gasteiger partial charge < -0.3 is 16.4 Å². The molecule has 0 bridgehead atoms. The summed E-state index contributed by atoms with van der Waals surface area (Å²) in [6, 6.07) is 7.73. The Balaban J connectivity index is 1.72. The first-order valence-corrected chi connectivity index (χ1v) is 9.44. The number of hydrogen-bond donors (Lipinski definition) is 3. The Hall–Kier alpha value is -2.04. The van der Waals surface area contributed by atoms with Crippen molar-refractivity contribution in [3.63, 3.8) is 0 Å². The van der Waals surface area contributed by atoms with Crippen molar-refractivity contribution in [2.24, 2.45) is 16.6 Å². The predicted octanol–water partition coefficient (Wildman–Crippen LogP) is 3.20. The molecular formula is C20H32N4O. The number of primary amides is 1. The minimum Gasteiger partial charge on any atom is -0.366 e. The predicted molar refractivity (Wildman–Crippen MR) is 104 cm³/mol. The van der Waals surface area contributed by atoms with E-state index in [0.717, 1.165) is 17.4 Å². The van der Waals surface area contributed by atoms with Crippen molar-refractivity contribution >= 4 is 11.9 Å². The molecule has 0 heterocycles. The van der Waals surface area contributed by atoms with Crippen LogP contribution in [0.3, 0.4) is 0 Å². The van der Waals surface area contributed by atoms with Crippen LogP contribution in [-0.4, -0.2) is 25.0 Å². The first kappa shape index (κ1) is 19.3. The van der Waals surface area contributed by atoms with Crippen LogP contribution in [0.5, 0.6) is 0 Å². The molecule has 1 atom stereocenters. The van der Waals surface area contributed by atoms with Crippen LogP contribution in [0.4, 0.5) is 0 Å². The maximum atomic E-state index is 11.1. The Morgan fingerprint density at radius 1 is 1.24 bits per heavy atom. The van der Waals surface area contributed by atoms with Gasteiger partial charge in [-0.15, -0.1) is 0 Å². The molecule has 1 aliphatic carbocycles. The van der Waals surface area contributed by atoms with Gasteiger partial charge in [0.05, 0.1) is 0 Å². The van der Waals surface area contributed by atoms with E-state index in [2.05, 4.69) is 22.5 Å². The number of hydrogen-bond acceptors (Lipinski definition) is 2. The number of aliphatic imine (C=N–C) groups is 1. The largest absolute Gasteiger partial charge is 0.366 e. The van der Waals surface area contributed by atoms with E-state index in [4.69, 9.17) is 5.73 Å². The molecule has 0 aromatic heterocycles. The summed E-state index contributed by atoms with van der Waals surface area (Å²) >= 11 is 0. The van der Waals surface area contributed by atoms with Crippen molar-refractivity contribution in [3.05, 3.63) is 35.4 Å². The van der Waals surface area contributed by atoms with Gasteiger partial charge in [-0.05, 0) is 43.4 Å². The molecule has 0 aliphatic heterocycles. The maximum absolute atomic E-state index is 11.1. The smallest absolute Gasteiger partial charge is 0.248 e. The summed E-state index contributed by atoms with van der Waals surface area (Å²) in [7, 11) is 1.79. The molecule has 25 heavy (non-hydrogen) atoms. The summed E-state index contributed by atoms with van der Waals surface area (Å²) in [4.78, 5) is 15.4. The summed E-state index contributed by atoms with van der Waals surface area (Å²) < 4.78 is 0. The number of rotatable bonds is 7. The number of benzene rings is 1. The summed E-state index contributed by atoms with van der Waals surface area (Å²) in [6.07, 6.45) is 9.52. The van der Waals surface area contributed by atoms with Crippen LogP contribution in [0, 0.1) is 5.92 Å². The van der Waals surface area contributed by atoms with Crippen LogP contribution in [0.15, 0.2) is 29.3 Å². The molecule has 1 unspecified atom stereocenters. The zero-order valence-corrected chi connectivity index (χ0v) is 15.6. The van der Waals surface area contributed by atoms with Crippen molar-refractivity contribution in [1.82, 2.24) is 10.6 Å². The highest BCUT2D eigenvalue weighted by atomic mass is 16.1. The Morgan fingerprint density at radius 3 is 2.52 bits per heavy atom. The molecule has 0 spiro atoms. The van der Waals surface area contributed by atoms with Gasteiger partial charge in [0, 0.05) is 25.2 Å². The molecule has 0 saturated heterocycles. The number of nitrogens with zero attached hydrogens (tertiary/aromatic N) is 1. The van der Waals surface area contributed by atoms with E-state index in [1.54, 1.807) is 19.2 Å². The molecule has 1 fully saturated rings. The van der Waals surface area contributed by atoms with Gasteiger partial charge in [0.1, 0.15) is 0 Å². The third-order valence-electron chi connectivity index (χ3n) is 5.04. The van der Waals surface area contributed by atoms with Gasteiger partial charge in [-0.2, -0.15) is 0 Å². The molecule has 138 valence electrons. The standard InChI is InChI=1S/C20H32N4O/c1-15(8-9-16-6-4-3-5-7-16)24-20(22-2)23-14-17-10-12-18(13-11-17)19(21)25/h10-13,15-16H,3-9,14H2,1-2H3,(H2,21,25)(H2,22,23,24). The molecular weight excluding hydrogens is 312 g/mol. The van der Waals surface area contributed by atoms with E-state index in [0.29, 0.717) is 18.2 Å². The number of nitrogens with one attached hydrogen (secondary N) is 2. The second kappa shape index (κ2) is 10.1. The summed E-state index contributed by atoms with van der Waals surface area (Å²) in [5.74, 6) is 1.33. The molecule has 1 saturated carbocycles.